The molecule has 5 aromatic rings. The van der Waals surface area contributed by atoms with Crippen LogP contribution in [-0.2, 0) is 0 Å². The predicted octanol–water partition coefficient (Wildman–Crippen LogP) is 6.36. The van der Waals surface area contributed by atoms with Gasteiger partial charge in [-0.15, -0.1) is 11.8 Å². The van der Waals surface area contributed by atoms with Crippen LogP contribution in [0.15, 0.2) is 87.5 Å². The summed E-state index contributed by atoms with van der Waals surface area (Å²) < 4.78 is 7.87. The highest BCUT2D eigenvalue weighted by Crippen LogP contribution is 2.27. The van der Waals surface area contributed by atoms with E-state index in [0.717, 1.165) is 27.3 Å². The number of ether oxygens (including phenoxy) is 1. The molecule has 1 N–H and O–H groups in total. The molecule has 0 saturated heterocycles. The zero-order valence-electron chi connectivity index (χ0n) is 20.3. The summed E-state index contributed by atoms with van der Waals surface area (Å²) in [6.07, 6.45) is 0. The lowest BCUT2D eigenvalue weighted by Gasteiger charge is -2.05. The Bertz CT molecular complexity index is 1550. The molecule has 5 rings (SSSR count). The average Bonchev–Trinajstić information content (AvgIpc) is 3.48. The second-order valence-electron chi connectivity index (χ2n) is 8.32. The van der Waals surface area contributed by atoms with E-state index in [0.29, 0.717) is 28.6 Å². The van der Waals surface area contributed by atoms with Crippen molar-refractivity contribution in [1.82, 2.24) is 14.8 Å². The largest absolute Gasteiger partial charge is 0.497 e. The molecule has 0 aliphatic heterocycles. The van der Waals surface area contributed by atoms with Crippen molar-refractivity contribution in [3.63, 3.8) is 0 Å². The molecule has 182 valence electrons. The van der Waals surface area contributed by atoms with Crippen molar-refractivity contribution in [2.24, 2.45) is 4.99 Å². The topological polar surface area (TPSA) is 72.3 Å². The maximum atomic E-state index is 13.7. The van der Waals surface area contributed by atoms with E-state index in [2.05, 4.69) is 41.3 Å². The van der Waals surface area contributed by atoms with E-state index in [-0.39, 0.29) is 5.56 Å². The SMILES string of the molecule is COc1ccc(-c2[nH]n(-c3nc4ccccc4s3)c(=O)c2C(C)=NCCSc2ccc(C)cc2)cc1. The lowest BCUT2D eigenvalue weighted by Crippen LogP contribution is -2.19. The molecule has 2 aromatic heterocycles. The first-order chi connectivity index (χ1) is 17.5. The Kier molecular flexibility index (Phi) is 7.06. The van der Waals surface area contributed by atoms with Gasteiger partial charge in [0.05, 0.1) is 28.6 Å². The number of hydrogen-bond acceptors (Lipinski definition) is 6. The zero-order chi connectivity index (χ0) is 25.1. The molecule has 0 fully saturated rings. The lowest BCUT2D eigenvalue weighted by atomic mass is 10.1. The van der Waals surface area contributed by atoms with E-state index in [1.807, 2.05) is 55.5 Å². The zero-order valence-corrected chi connectivity index (χ0v) is 22.0. The van der Waals surface area contributed by atoms with Crippen LogP contribution in [-0.4, -0.2) is 39.9 Å². The standard InChI is InChI=1S/C28H26N4O2S2/c1-18-8-14-22(15-9-18)35-17-16-29-19(2)25-26(20-10-12-21(34-3)13-11-20)31-32(27(25)33)28-30-23-6-4-5-7-24(23)36-28/h4-15,31H,16-17H2,1-3H3. The number of nitrogens with one attached hydrogen (secondary N) is 1. The fourth-order valence-corrected chi connectivity index (χ4v) is 5.59. The Morgan fingerprint density at radius 3 is 2.56 bits per heavy atom. The second kappa shape index (κ2) is 10.6. The summed E-state index contributed by atoms with van der Waals surface area (Å²) in [6, 6.07) is 24.0. The molecule has 0 radical (unpaired) electrons. The molecule has 8 heteroatoms. The molecule has 0 saturated carbocycles. The Hall–Kier alpha value is -3.62. The number of thioether (sulfide) groups is 1. The minimum atomic E-state index is -0.160. The van der Waals surface area contributed by atoms with Crippen LogP contribution in [0.3, 0.4) is 0 Å². The Morgan fingerprint density at radius 2 is 1.83 bits per heavy atom. The van der Waals surface area contributed by atoms with Crippen LogP contribution in [0, 0.1) is 6.92 Å². The molecule has 36 heavy (non-hydrogen) atoms. The number of nitrogens with zero attached hydrogens (tertiary/aromatic N) is 3. The number of hydrogen-bond donors (Lipinski definition) is 1. The predicted molar refractivity (Wildman–Crippen MR) is 151 cm³/mol. The summed E-state index contributed by atoms with van der Waals surface area (Å²) in [6.45, 7) is 4.59. The number of para-hydroxylation sites is 1. The van der Waals surface area contributed by atoms with Crippen LogP contribution < -0.4 is 10.3 Å². The van der Waals surface area contributed by atoms with Crippen LogP contribution in [0.2, 0.25) is 0 Å². The number of methoxy groups -OCH3 is 1. The molecular formula is C28H26N4O2S2. The number of aromatic nitrogens is 3. The van der Waals surface area contributed by atoms with Crippen LogP contribution >= 0.6 is 23.1 Å². The van der Waals surface area contributed by atoms with Crippen LogP contribution in [0.1, 0.15) is 18.1 Å². The maximum Gasteiger partial charge on any atom is 0.283 e. The first-order valence-corrected chi connectivity index (χ1v) is 13.4. The number of H-pyrrole nitrogens is 1. The summed E-state index contributed by atoms with van der Waals surface area (Å²) in [5, 5.41) is 3.91. The number of aromatic amines is 1. The molecule has 0 aliphatic rings. The molecule has 0 aliphatic carbocycles. The summed E-state index contributed by atoms with van der Waals surface area (Å²) in [5.41, 5.74) is 4.81. The number of thiazole rings is 1. The molecule has 3 aromatic carbocycles. The van der Waals surface area contributed by atoms with E-state index in [4.69, 9.17) is 9.73 Å². The molecule has 0 atom stereocenters. The van der Waals surface area contributed by atoms with Crippen molar-refractivity contribution in [3.8, 4) is 22.1 Å². The smallest absolute Gasteiger partial charge is 0.283 e. The fourth-order valence-electron chi connectivity index (χ4n) is 3.92. The van der Waals surface area contributed by atoms with Gasteiger partial charge >= 0.3 is 0 Å². The summed E-state index contributed by atoms with van der Waals surface area (Å²) in [7, 11) is 1.64. The first kappa shape index (κ1) is 24.1. The minimum Gasteiger partial charge on any atom is -0.497 e. The lowest BCUT2D eigenvalue weighted by molar-refractivity contribution is 0.415. The Balaban J connectivity index is 1.49. The molecule has 2 heterocycles. The molecule has 6 nitrogen and oxygen atoms in total. The van der Waals surface area contributed by atoms with E-state index in [1.54, 1.807) is 18.9 Å². The van der Waals surface area contributed by atoms with Gasteiger partial charge in [-0.1, -0.05) is 41.2 Å². The van der Waals surface area contributed by atoms with Crippen molar-refractivity contribution in [3.05, 3.63) is 94.3 Å². The Labute approximate surface area is 217 Å². The van der Waals surface area contributed by atoms with Gasteiger partial charge in [0.2, 0.25) is 5.13 Å². The third kappa shape index (κ3) is 5.01. The molecule has 0 bridgehead atoms. The normalized spacial score (nSPS) is 11.8. The summed E-state index contributed by atoms with van der Waals surface area (Å²) in [4.78, 5) is 24.4. The van der Waals surface area contributed by atoms with Crippen LogP contribution in [0.5, 0.6) is 5.75 Å². The van der Waals surface area contributed by atoms with Crippen LogP contribution in [0.4, 0.5) is 0 Å². The maximum absolute atomic E-state index is 13.7. The van der Waals surface area contributed by atoms with Gasteiger partial charge in [0.1, 0.15) is 5.75 Å². The van der Waals surface area contributed by atoms with Gasteiger partial charge in [-0.25, -0.2) is 4.98 Å². The third-order valence-electron chi connectivity index (χ3n) is 5.83. The van der Waals surface area contributed by atoms with E-state index in [9.17, 15) is 4.79 Å². The van der Waals surface area contributed by atoms with Gasteiger partial charge in [0.25, 0.3) is 5.56 Å². The van der Waals surface area contributed by atoms with Gasteiger partial charge in [0.15, 0.2) is 0 Å². The number of benzene rings is 3. The first-order valence-electron chi connectivity index (χ1n) is 11.6. The average molecular weight is 515 g/mol. The molecule has 0 amide bonds. The van der Waals surface area contributed by atoms with Crippen molar-refractivity contribution in [1.29, 1.82) is 0 Å². The van der Waals surface area contributed by atoms with Gasteiger partial charge in [-0.05, 0) is 62.4 Å². The number of aryl methyl sites for hydroxylation is 1. The second-order valence-corrected chi connectivity index (χ2v) is 10.5. The van der Waals surface area contributed by atoms with E-state index >= 15 is 0 Å². The van der Waals surface area contributed by atoms with Gasteiger partial charge in [-0.2, -0.15) is 4.68 Å². The van der Waals surface area contributed by atoms with Crippen molar-refractivity contribution in [2.45, 2.75) is 18.7 Å². The highest BCUT2D eigenvalue weighted by atomic mass is 32.2. The van der Waals surface area contributed by atoms with Gasteiger partial charge in [-0.3, -0.25) is 14.9 Å². The van der Waals surface area contributed by atoms with E-state index in [1.165, 1.54) is 26.5 Å². The minimum absolute atomic E-state index is 0.160. The monoisotopic (exact) mass is 514 g/mol. The van der Waals surface area contributed by atoms with Crippen molar-refractivity contribution < 1.29 is 4.74 Å². The molecule has 0 spiro atoms. The highest BCUT2D eigenvalue weighted by Gasteiger charge is 2.21. The number of aliphatic imine (C=N–C) groups is 1. The van der Waals surface area contributed by atoms with Crippen molar-refractivity contribution >= 4 is 39.0 Å². The van der Waals surface area contributed by atoms with Gasteiger partial charge < -0.3 is 4.74 Å². The molecule has 0 unspecified atom stereocenters. The summed E-state index contributed by atoms with van der Waals surface area (Å²) >= 11 is 3.24. The quantitative estimate of drug-likeness (QED) is 0.149. The number of rotatable bonds is 8. The number of fused-ring (bicyclic) bond motifs is 1. The van der Waals surface area contributed by atoms with Gasteiger partial charge in [0, 0.05) is 28.5 Å². The molecular weight excluding hydrogens is 488 g/mol. The highest BCUT2D eigenvalue weighted by molar-refractivity contribution is 7.99. The summed E-state index contributed by atoms with van der Waals surface area (Å²) in [5.74, 6) is 1.58. The van der Waals surface area contributed by atoms with Crippen molar-refractivity contribution in [2.75, 3.05) is 19.4 Å². The fraction of sp³-hybridized carbons (Fsp3) is 0.179. The van der Waals surface area contributed by atoms with Crippen LogP contribution in [0.25, 0.3) is 26.6 Å². The van der Waals surface area contributed by atoms with E-state index < -0.39 is 0 Å². The Morgan fingerprint density at radius 1 is 1.08 bits per heavy atom. The third-order valence-corrected chi connectivity index (χ3v) is 7.85.